The molecule has 0 aliphatic carbocycles. The van der Waals surface area contributed by atoms with E-state index < -0.39 is 11.9 Å². The lowest BCUT2D eigenvalue weighted by Gasteiger charge is -2.37. The summed E-state index contributed by atoms with van der Waals surface area (Å²) in [6, 6.07) is 11.7. The van der Waals surface area contributed by atoms with Gasteiger partial charge in [0.25, 0.3) is 0 Å². The van der Waals surface area contributed by atoms with E-state index in [0.717, 1.165) is 43.2 Å². The zero-order chi connectivity index (χ0) is 26.2. The van der Waals surface area contributed by atoms with Crippen molar-refractivity contribution >= 4 is 35.5 Å². The number of hydrogen-bond acceptors (Lipinski definition) is 6. The fourth-order valence-corrected chi connectivity index (χ4v) is 5.08. The Bertz CT molecular complexity index is 1140. The third-order valence-electron chi connectivity index (χ3n) is 5.93. The van der Waals surface area contributed by atoms with Crippen molar-refractivity contribution in [2.45, 2.75) is 29.6 Å². The molecule has 0 saturated carbocycles. The van der Waals surface area contributed by atoms with E-state index >= 15 is 0 Å². The summed E-state index contributed by atoms with van der Waals surface area (Å²) in [6.45, 7) is 9.12. The molecule has 0 spiro atoms. The van der Waals surface area contributed by atoms with Crippen molar-refractivity contribution in [1.82, 2.24) is 9.80 Å². The molecule has 2 aliphatic heterocycles. The molecule has 1 saturated heterocycles. The van der Waals surface area contributed by atoms with Crippen LogP contribution in [0.15, 0.2) is 58.3 Å². The van der Waals surface area contributed by atoms with E-state index in [1.165, 1.54) is 21.7 Å². The molecule has 192 valence electrons. The van der Waals surface area contributed by atoms with E-state index in [4.69, 9.17) is 10.2 Å². The Hall–Kier alpha value is -3.14. The predicted octanol–water partition coefficient (Wildman–Crippen LogP) is 4.23. The van der Waals surface area contributed by atoms with Crippen LogP contribution in [0, 0.1) is 5.82 Å². The van der Waals surface area contributed by atoms with Gasteiger partial charge in [-0.3, -0.25) is 4.90 Å². The molecule has 1 fully saturated rings. The molecule has 2 aromatic carbocycles. The van der Waals surface area contributed by atoms with Gasteiger partial charge in [0.1, 0.15) is 5.82 Å². The van der Waals surface area contributed by atoms with Crippen LogP contribution in [0.3, 0.4) is 0 Å². The van der Waals surface area contributed by atoms with Gasteiger partial charge in [-0.15, -0.1) is 0 Å². The zero-order valence-electron chi connectivity index (χ0n) is 20.4. The fourth-order valence-electron chi connectivity index (χ4n) is 4.01. The standard InChI is InChI=1S/C23H27FN2OS.C4H4O4/c1-16(2)17-4-6-22-20(13-17)21(26-9-7-25(8-10-26)11-12-27)14-18-3-5-19(24)15-23(18)28-22;5-3(6)1-2-4(7)8/h3-6,13-16,27H,7-12H2,1-2H3;1-2H,(H,5,6)(H,7,8)/b;2-1+. The number of aliphatic hydroxyl groups is 1. The minimum Gasteiger partial charge on any atom is -0.478 e. The highest BCUT2D eigenvalue weighted by Crippen LogP contribution is 2.43. The van der Waals surface area contributed by atoms with Gasteiger partial charge in [0.15, 0.2) is 0 Å². The van der Waals surface area contributed by atoms with Crippen LogP contribution in [0.5, 0.6) is 0 Å². The lowest BCUT2D eigenvalue weighted by Crippen LogP contribution is -2.46. The van der Waals surface area contributed by atoms with Crippen molar-refractivity contribution in [3.8, 4) is 0 Å². The second kappa shape index (κ2) is 12.7. The van der Waals surface area contributed by atoms with Crippen LogP contribution in [0.25, 0.3) is 11.8 Å². The largest absolute Gasteiger partial charge is 0.478 e. The van der Waals surface area contributed by atoms with Crippen molar-refractivity contribution in [2.24, 2.45) is 0 Å². The number of carbonyl (C=O) groups is 2. The molecule has 0 amide bonds. The molecule has 4 rings (SSSR count). The predicted molar refractivity (Wildman–Crippen MR) is 138 cm³/mol. The SMILES string of the molecule is CC(C)c1ccc2c(c1)C(N1CCN(CCO)CC1)=Cc1ccc(F)cc1S2.O=C(O)/C=C/C(=O)O. The number of carboxylic acids is 2. The van der Waals surface area contributed by atoms with Gasteiger partial charge >= 0.3 is 11.9 Å². The topological polar surface area (TPSA) is 101 Å². The van der Waals surface area contributed by atoms with E-state index in [2.05, 4.69) is 47.9 Å². The highest BCUT2D eigenvalue weighted by Gasteiger charge is 2.24. The summed E-state index contributed by atoms with van der Waals surface area (Å²) in [5, 5.41) is 24.8. The first-order valence-electron chi connectivity index (χ1n) is 11.7. The number of rotatable bonds is 6. The number of benzene rings is 2. The zero-order valence-corrected chi connectivity index (χ0v) is 21.2. The van der Waals surface area contributed by atoms with Crippen LogP contribution in [-0.4, -0.2) is 76.4 Å². The first-order valence-corrected chi connectivity index (χ1v) is 12.5. The maximum atomic E-state index is 13.9. The van der Waals surface area contributed by atoms with Crippen molar-refractivity contribution in [3.05, 3.63) is 71.1 Å². The number of β-amino-alcohol motifs (C(OH)–C–C–N with tert-alkyl or cyclic N) is 1. The summed E-state index contributed by atoms with van der Waals surface area (Å²) in [5.41, 5.74) is 4.85. The van der Waals surface area contributed by atoms with Gasteiger partial charge in [-0.2, -0.15) is 0 Å². The molecular weight excluding hydrogens is 483 g/mol. The molecule has 0 aromatic heterocycles. The van der Waals surface area contributed by atoms with Gasteiger partial charge in [-0.1, -0.05) is 37.7 Å². The average Bonchev–Trinajstić information content (AvgIpc) is 2.99. The quantitative estimate of drug-likeness (QED) is 0.493. The minimum atomic E-state index is -1.26. The molecule has 9 heteroatoms. The Labute approximate surface area is 214 Å². The number of halogens is 1. The number of carboxylic acid groups (broad SMARTS) is 2. The van der Waals surface area contributed by atoms with Gasteiger partial charge in [0.2, 0.25) is 0 Å². The van der Waals surface area contributed by atoms with Gasteiger partial charge in [0, 0.05) is 65.9 Å². The molecule has 36 heavy (non-hydrogen) atoms. The van der Waals surface area contributed by atoms with Crippen LogP contribution >= 0.6 is 11.8 Å². The smallest absolute Gasteiger partial charge is 0.328 e. The van der Waals surface area contributed by atoms with Crippen molar-refractivity contribution in [2.75, 3.05) is 39.3 Å². The average molecular weight is 515 g/mol. The summed E-state index contributed by atoms with van der Waals surface area (Å²) in [7, 11) is 0. The first-order chi connectivity index (χ1) is 17.2. The summed E-state index contributed by atoms with van der Waals surface area (Å²) in [5.74, 6) is -2.25. The fraction of sp³-hybridized carbons (Fsp3) is 0.333. The summed E-state index contributed by atoms with van der Waals surface area (Å²) in [6.07, 6.45) is 3.34. The second-order valence-electron chi connectivity index (χ2n) is 8.79. The number of aliphatic carboxylic acids is 2. The van der Waals surface area contributed by atoms with E-state index in [0.29, 0.717) is 18.1 Å². The van der Waals surface area contributed by atoms with Crippen LogP contribution in [0.1, 0.15) is 36.5 Å². The molecule has 2 heterocycles. The van der Waals surface area contributed by atoms with Gasteiger partial charge in [-0.05, 0) is 47.4 Å². The molecular formula is C27H31FN2O5S. The van der Waals surface area contributed by atoms with Crippen molar-refractivity contribution < 1.29 is 29.3 Å². The number of nitrogens with zero attached hydrogens (tertiary/aromatic N) is 2. The van der Waals surface area contributed by atoms with E-state index in [1.807, 2.05) is 6.07 Å². The molecule has 7 nitrogen and oxygen atoms in total. The van der Waals surface area contributed by atoms with Crippen LogP contribution in [-0.2, 0) is 9.59 Å². The maximum Gasteiger partial charge on any atom is 0.328 e. The van der Waals surface area contributed by atoms with Crippen LogP contribution in [0.2, 0.25) is 0 Å². The summed E-state index contributed by atoms with van der Waals surface area (Å²) >= 11 is 1.65. The second-order valence-corrected chi connectivity index (χ2v) is 9.87. The molecule has 0 unspecified atom stereocenters. The lowest BCUT2D eigenvalue weighted by molar-refractivity contribution is -0.134. The summed E-state index contributed by atoms with van der Waals surface area (Å²) in [4.78, 5) is 26.0. The van der Waals surface area contributed by atoms with Crippen molar-refractivity contribution in [1.29, 1.82) is 0 Å². The first kappa shape index (κ1) is 27.4. The lowest BCUT2D eigenvalue weighted by atomic mass is 9.98. The highest BCUT2D eigenvalue weighted by atomic mass is 32.2. The number of piperazine rings is 1. The summed E-state index contributed by atoms with van der Waals surface area (Å²) < 4.78 is 13.9. The number of hydrogen-bond donors (Lipinski definition) is 3. The molecule has 2 aliphatic rings. The third kappa shape index (κ3) is 7.43. The van der Waals surface area contributed by atoms with Gasteiger partial charge < -0.3 is 20.2 Å². The normalized spacial score (nSPS) is 15.5. The van der Waals surface area contributed by atoms with Gasteiger partial charge in [0.05, 0.1) is 6.61 Å². The van der Waals surface area contributed by atoms with E-state index in [-0.39, 0.29) is 12.4 Å². The van der Waals surface area contributed by atoms with Gasteiger partial charge in [-0.25, -0.2) is 14.0 Å². The molecule has 0 radical (unpaired) electrons. The third-order valence-corrected chi connectivity index (χ3v) is 7.08. The Morgan fingerprint density at radius 1 is 1.00 bits per heavy atom. The maximum absolute atomic E-state index is 13.9. The monoisotopic (exact) mass is 514 g/mol. The Morgan fingerprint density at radius 2 is 1.67 bits per heavy atom. The van der Waals surface area contributed by atoms with Crippen molar-refractivity contribution in [3.63, 3.8) is 0 Å². The van der Waals surface area contributed by atoms with E-state index in [1.54, 1.807) is 23.9 Å². The van der Waals surface area contributed by atoms with E-state index in [9.17, 15) is 19.1 Å². The molecule has 0 atom stereocenters. The Balaban J connectivity index is 0.000000392. The van der Waals surface area contributed by atoms with Crippen LogP contribution < -0.4 is 0 Å². The Kier molecular flexibility index (Phi) is 9.69. The van der Waals surface area contributed by atoms with Crippen LogP contribution in [0.4, 0.5) is 4.39 Å². The highest BCUT2D eigenvalue weighted by molar-refractivity contribution is 7.99. The Morgan fingerprint density at radius 3 is 2.25 bits per heavy atom. The molecule has 0 bridgehead atoms. The molecule has 2 aromatic rings. The number of fused-ring (bicyclic) bond motifs is 2. The number of aliphatic hydroxyl groups excluding tert-OH is 1. The minimum absolute atomic E-state index is 0.193. The molecule has 3 N–H and O–H groups in total.